The molecule has 1 amide bonds. The molecule has 1 aliphatic heterocycles. The molecule has 0 saturated carbocycles. The summed E-state index contributed by atoms with van der Waals surface area (Å²) >= 11 is 1.49. The van der Waals surface area contributed by atoms with Crippen LogP contribution in [0, 0.1) is 6.92 Å². The third-order valence-electron chi connectivity index (χ3n) is 3.66. The summed E-state index contributed by atoms with van der Waals surface area (Å²) in [5.74, 6) is 1.52. The second kappa shape index (κ2) is 6.24. The topological polar surface area (TPSA) is 47.6 Å². The van der Waals surface area contributed by atoms with Gasteiger partial charge in [-0.05, 0) is 39.0 Å². The normalized spacial score (nSPS) is 14.9. The monoisotopic (exact) mass is 331 g/mol. The maximum absolute atomic E-state index is 12.0. The quantitative estimate of drug-likeness (QED) is 0.852. The Morgan fingerprint density at radius 1 is 1.35 bits per heavy atom. The maximum atomic E-state index is 12.0. The maximum Gasteiger partial charge on any atom is 0.261 e. The number of aryl methyl sites for hydroxylation is 1. The molecule has 1 aromatic carbocycles. The van der Waals surface area contributed by atoms with Gasteiger partial charge < -0.3 is 14.8 Å². The molecule has 3 rings (SSSR count). The van der Waals surface area contributed by atoms with Crippen LogP contribution in [-0.2, 0) is 6.42 Å². The van der Waals surface area contributed by atoms with E-state index in [2.05, 4.69) is 25.2 Å². The second-order valence-electron chi connectivity index (χ2n) is 6.30. The van der Waals surface area contributed by atoms with Gasteiger partial charge >= 0.3 is 0 Å². The van der Waals surface area contributed by atoms with E-state index in [-0.39, 0.29) is 11.5 Å². The molecular formula is C18H21NO3S. The number of hydrogen-bond donors (Lipinski definition) is 1. The number of ether oxygens (including phenoxy) is 2. The first kappa shape index (κ1) is 15.9. The van der Waals surface area contributed by atoms with Crippen LogP contribution in [0.3, 0.4) is 0 Å². The molecule has 5 heteroatoms. The number of para-hydroxylation sites is 1. The smallest absolute Gasteiger partial charge is 0.261 e. The molecule has 0 bridgehead atoms. The van der Waals surface area contributed by atoms with Gasteiger partial charge in [0.25, 0.3) is 5.91 Å². The molecule has 0 unspecified atom stereocenters. The van der Waals surface area contributed by atoms with E-state index in [0.29, 0.717) is 13.2 Å². The fourth-order valence-corrected chi connectivity index (χ4v) is 3.45. The van der Waals surface area contributed by atoms with Crippen LogP contribution in [0.15, 0.2) is 30.3 Å². The van der Waals surface area contributed by atoms with Crippen LogP contribution in [0.25, 0.3) is 0 Å². The minimum absolute atomic E-state index is 0.0534. The number of hydrogen-bond acceptors (Lipinski definition) is 4. The Morgan fingerprint density at radius 2 is 2.17 bits per heavy atom. The zero-order valence-corrected chi connectivity index (χ0v) is 14.5. The van der Waals surface area contributed by atoms with Crippen LogP contribution >= 0.6 is 11.3 Å². The summed E-state index contributed by atoms with van der Waals surface area (Å²) in [6, 6.07) is 9.74. The Kier molecular flexibility index (Phi) is 4.31. The summed E-state index contributed by atoms with van der Waals surface area (Å²) in [4.78, 5) is 13.8. The van der Waals surface area contributed by atoms with Gasteiger partial charge in [-0.1, -0.05) is 12.1 Å². The van der Waals surface area contributed by atoms with E-state index < -0.39 is 0 Å². The van der Waals surface area contributed by atoms with Crippen LogP contribution in [-0.4, -0.2) is 24.7 Å². The van der Waals surface area contributed by atoms with Gasteiger partial charge in [0.05, 0.1) is 11.4 Å². The van der Waals surface area contributed by atoms with Crippen LogP contribution < -0.4 is 14.8 Å². The summed E-state index contributed by atoms with van der Waals surface area (Å²) in [5.41, 5.74) is 0.984. The highest BCUT2D eigenvalue weighted by atomic mass is 32.1. The summed E-state index contributed by atoms with van der Waals surface area (Å²) in [6.07, 6.45) is 0.883. The predicted octanol–water partition coefficient (Wildman–Crippen LogP) is 3.58. The van der Waals surface area contributed by atoms with Crippen LogP contribution in [0.4, 0.5) is 0 Å². The van der Waals surface area contributed by atoms with Crippen molar-refractivity contribution in [1.82, 2.24) is 5.32 Å². The average Bonchev–Trinajstić information content (AvgIpc) is 3.05. The van der Waals surface area contributed by atoms with Crippen molar-refractivity contribution in [1.29, 1.82) is 0 Å². The lowest BCUT2D eigenvalue weighted by Gasteiger charge is -2.18. The van der Waals surface area contributed by atoms with Gasteiger partial charge in [-0.15, -0.1) is 11.3 Å². The molecule has 0 saturated heterocycles. The molecule has 0 atom stereocenters. The Hall–Kier alpha value is -2.01. The van der Waals surface area contributed by atoms with Crippen molar-refractivity contribution in [3.63, 3.8) is 0 Å². The van der Waals surface area contributed by atoms with Crippen molar-refractivity contribution in [2.75, 3.05) is 13.2 Å². The summed E-state index contributed by atoms with van der Waals surface area (Å²) in [6.45, 7) is 7.00. The van der Waals surface area contributed by atoms with Crippen LogP contribution in [0.2, 0.25) is 0 Å². The largest absolute Gasteiger partial charge is 0.488 e. The second-order valence-corrected chi connectivity index (χ2v) is 7.59. The van der Waals surface area contributed by atoms with Crippen molar-refractivity contribution in [3.8, 4) is 11.5 Å². The zero-order chi connectivity index (χ0) is 16.4. The van der Waals surface area contributed by atoms with E-state index >= 15 is 0 Å². The third-order valence-corrected chi connectivity index (χ3v) is 4.66. The number of carbonyl (C=O) groups is 1. The number of carbonyl (C=O) groups excluding carboxylic acids is 1. The van der Waals surface area contributed by atoms with Gasteiger partial charge in [-0.3, -0.25) is 4.79 Å². The molecular weight excluding hydrogens is 310 g/mol. The first-order valence-electron chi connectivity index (χ1n) is 7.73. The Bertz CT molecular complexity index is 721. The molecule has 0 spiro atoms. The number of thiophene rings is 1. The minimum atomic E-state index is -0.187. The van der Waals surface area contributed by atoms with E-state index in [0.717, 1.165) is 27.7 Å². The van der Waals surface area contributed by atoms with Gasteiger partial charge in [0.2, 0.25) is 0 Å². The fourth-order valence-electron chi connectivity index (χ4n) is 2.67. The van der Waals surface area contributed by atoms with Crippen LogP contribution in [0.5, 0.6) is 11.5 Å². The summed E-state index contributed by atoms with van der Waals surface area (Å²) < 4.78 is 11.8. The number of amides is 1. The van der Waals surface area contributed by atoms with E-state index in [9.17, 15) is 4.79 Å². The Balaban J connectivity index is 1.52. The molecule has 1 aliphatic rings. The first-order chi connectivity index (χ1) is 10.9. The van der Waals surface area contributed by atoms with Crippen molar-refractivity contribution < 1.29 is 14.3 Å². The molecule has 0 fully saturated rings. The predicted molar refractivity (Wildman–Crippen MR) is 91.7 cm³/mol. The first-order valence-corrected chi connectivity index (χ1v) is 8.55. The van der Waals surface area contributed by atoms with Crippen molar-refractivity contribution in [3.05, 3.63) is 45.6 Å². The average molecular weight is 331 g/mol. The van der Waals surface area contributed by atoms with Gasteiger partial charge in [0.1, 0.15) is 12.2 Å². The minimum Gasteiger partial charge on any atom is -0.488 e. The number of benzene rings is 1. The fraction of sp³-hybridized carbons (Fsp3) is 0.389. The Morgan fingerprint density at radius 3 is 2.91 bits per heavy atom. The molecule has 23 heavy (non-hydrogen) atoms. The SMILES string of the molecule is Cc1ccc(C(=O)NCCOc2cccc3c2OC(C)(C)C3)s1. The molecule has 2 aromatic rings. The molecule has 0 aliphatic carbocycles. The van der Waals surface area contributed by atoms with E-state index in [4.69, 9.17) is 9.47 Å². The van der Waals surface area contributed by atoms with Gasteiger partial charge in [0, 0.05) is 16.9 Å². The van der Waals surface area contributed by atoms with Gasteiger partial charge in [-0.25, -0.2) is 0 Å². The molecule has 2 heterocycles. The lowest BCUT2D eigenvalue weighted by atomic mass is 10.0. The molecule has 1 N–H and O–H groups in total. The number of nitrogens with one attached hydrogen (secondary N) is 1. The molecule has 0 radical (unpaired) electrons. The summed E-state index contributed by atoms with van der Waals surface area (Å²) in [7, 11) is 0. The highest BCUT2D eigenvalue weighted by molar-refractivity contribution is 7.13. The van der Waals surface area contributed by atoms with Crippen molar-refractivity contribution >= 4 is 17.2 Å². The van der Waals surface area contributed by atoms with E-state index in [1.165, 1.54) is 16.9 Å². The molecule has 122 valence electrons. The van der Waals surface area contributed by atoms with Crippen molar-refractivity contribution in [2.45, 2.75) is 32.8 Å². The highest BCUT2D eigenvalue weighted by Crippen LogP contribution is 2.41. The van der Waals surface area contributed by atoms with Crippen LogP contribution in [0.1, 0.15) is 34.0 Å². The standard InChI is InChI=1S/C18H21NO3S/c1-12-7-8-15(23-12)17(20)19-9-10-21-14-6-4-5-13-11-18(2,3)22-16(13)14/h4-8H,9-11H2,1-3H3,(H,19,20). The molecule has 4 nitrogen and oxygen atoms in total. The molecule has 1 aromatic heterocycles. The number of fused-ring (bicyclic) bond motifs is 1. The Labute approximate surface area is 140 Å². The van der Waals surface area contributed by atoms with Crippen molar-refractivity contribution in [2.24, 2.45) is 0 Å². The van der Waals surface area contributed by atoms with E-state index in [1.807, 2.05) is 31.2 Å². The van der Waals surface area contributed by atoms with E-state index in [1.54, 1.807) is 0 Å². The third kappa shape index (κ3) is 3.67. The lowest BCUT2D eigenvalue weighted by molar-refractivity contribution is 0.0950. The number of rotatable bonds is 5. The van der Waals surface area contributed by atoms with Gasteiger partial charge in [0.15, 0.2) is 11.5 Å². The lowest BCUT2D eigenvalue weighted by Crippen LogP contribution is -2.27. The zero-order valence-electron chi connectivity index (χ0n) is 13.6. The summed E-state index contributed by atoms with van der Waals surface area (Å²) in [5, 5.41) is 2.87. The highest BCUT2D eigenvalue weighted by Gasteiger charge is 2.32. The van der Waals surface area contributed by atoms with Gasteiger partial charge in [-0.2, -0.15) is 0 Å².